The predicted molar refractivity (Wildman–Crippen MR) is 82.0 cm³/mol. The molecule has 4 nitrogen and oxygen atoms in total. The Hall–Kier alpha value is -1.95. The first-order valence-electron chi connectivity index (χ1n) is 7.37. The second-order valence-corrected chi connectivity index (χ2v) is 5.85. The van der Waals surface area contributed by atoms with Crippen LogP contribution in [-0.4, -0.2) is 32.3 Å². The van der Waals surface area contributed by atoms with Crippen molar-refractivity contribution in [1.82, 2.24) is 14.5 Å². The fourth-order valence-corrected chi connectivity index (χ4v) is 3.12. The number of aromatic nitrogens is 2. The van der Waals surface area contributed by atoms with Gasteiger partial charge in [0.15, 0.2) is 0 Å². The van der Waals surface area contributed by atoms with E-state index in [4.69, 9.17) is 11.6 Å². The number of imidazole rings is 1. The van der Waals surface area contributed by atoms with E-state index in [1.54, 1.807) is 12.5 Å². The van der Waals surface area contributed by atoms with Crippen molar-refractivity contribution in [2.75, 3.05) is 5.88 Å². The van der Waals surface area contributed by atoms with Gasteiger partial charge in [0.05, 0.1) is 12.9 Å². The molecule has 1 aliphatic rings. The SMILES string of the molecule is O=C(CCl)N(Cc1c(F)cccc1F)C1CCn2cncc2C1. The normalized spacial score (nSPS) is 16.9. The van der Waals surface area contributed by atoms with Crippen LogP contribution in [0.5, 0.6) is 0 Å². The number of hydrogen-bond donors (Lipinski definition) is 0. The molecule has 2 aromatic rings. The van der Waals surface area contributed by atoms with Gasteiger partial charge in [-0.25, -0.2) is 13.8 Å². The van der Waals surface area contributed by atoms with E-state index in [0.717, 1.165) is 5.69 Å². The van der Waals surface area contributed by atoms with E-state index in [1.807, 2.05) is 4.57 Å². The van der Waals surface area contributed by atoms with Gasteiger partial charge in [-0.3, -0.25) is 4.79 Å². The molecule has 0 saturated carbocycles. The fraction of sp³-hybridized carbons (Fsp3) is 0.375. The molecule has 1 amide bonds. The number of carbonyl (C=O) groups excluding carboxylic acids is 1. The smallest absolute Gasteiger partial charge is 0.238 e. The summed E-state index contributed by atoms with van der Waals surface area (Å²) in [6, 6.07) is 3.54. The molecule has 0 fully saturated rings. The van der Waals surface area contributed by atoms with Crippen molar-refractivity contribution in [3.63, 3.8) is 0 Å². The molecule has 1 aliphatic heterocycles. The molecular formula is C16H16ClF2N3O. The number of fused-ring (bicyclic) bond motifs is 1. The maximum atomic E-state index is 13.9. The first-order chi connectivity index (χ1) is 11.1. The third-order valence-electron chi connectivity index (χ3n) is 4.21. The number of carbonyl (C=O) groups is 1. The van der Waals surface area contributed by atoms with Crippen molar-refractivity contribution in [3.05, 3.63) is 53.6 Å². The molecule has 0 radical (unpaired) electrons. The zero-order valence-corrected chi connectivity index (χ0v) is 13.1. The maximum absolute atomic E-state index is 13.9. The molecule has 1 aromatic carbocycles. The highest BCUT2D eigenvalue weighted by Crippen LogP contribution is 2.23. The van der Waals surface area contributed by atoms with Crippen LogP contribution < -0.4 is 0 Å². The van der Waals surface area contributed by atoms with E-state index in [-0.39, 0.29) is 29.9 Å². The molecular weight excluding hydrogens is 324 g/mol. The van der Waals surface area contributed by atoms with Crippen LogP contribution in [0, 0.1) is 11.6 Å². The molecule has 1 aromatic heterocycles. The van der Waals surface area contributed by atoms with Crippen LogP contribution in [0.2, 0.25) is 0 Å². The van der Waals surface area contributed by atoms with Crippen LogP contribution >= 0.6 is 11.6 Å². The molecule has 122 valence electrons. The van der Waals surface area contributed by atoms with Crippen molar-refractivity contribution in [3.8, 4) is 0 Å². The first-order valence-corrected chi connectivity index (χ1v) is 7.91. The Morgan fingerprint density at radius 3 is 2.83 bits per heavy atom. The molecule has 2 heterocycles. The molecule has 1 unspecified atom stereocenters. The van der Waals surface area contributed by atoms with Gasteiger partial charge in [-0.2, -0.15) is 0 Å². The number of halogens is 3. The minimum Gasteiger partial charge on any atom is -0.334 e. The van der Waals surface area contributed by atoms with Crippen LogP contribution in [0.4, 0.5) is 8.78 Å². The van der Waals surface area contributed by atoms with Crippen molar-refractivity contribution in [2.24, 2.45) is 0 Å². The zero-order chi connectivity index (χ0) is 16.4. The van der Waals surface area contributed by atoms with Crippen LogP contribution in [0.25, 0.3) is 0 Å². The van der Waals surface area contributed by atoms with Gasteiger partial charge < -0.3 is 9.47 Å². The Morgan fingerprint density at radius 2 is 2.13 bits per heavy atom. The zero-order valence-electron chi connectivity index (χ0n) is 12.4. The summed E-state index contributed by atoms with van der Waals surface area (Å²) in [5, 5.41) is 0. The first kappa shape index (κ1) is 15.9. The third-order valence-corrected chi connectivity index (χ3v) is 4.44. The second kappa shape index (κ2) is 6.66. The standard InChI is InChI=1S/C16H16ClF2N3O/c17-7-16(23)22(9-13-14(18)2-1-3-15(13)19)11-4-5-21-10-20-8-12(21)6-11/h1-3,8,10-11H,4-7,9H2. The Labute approximate surface area is 137 Å². The topological polar surface area (TPSA) is 38.1 Å². The summed E-state index contributed by atoms with van der Waals surface area (Å²) in [5.74, 6) is -1.85. The monoisotopic (exact) mass is 339 g/mol. The van der Waals surface area contributed by atoms with E-state index in [1.165, 1.54) is 23.1 Å². The molecule has 0 saturated heterocycles. The molecule has 23 heavy (non-hydrogen) atoms. The number of alkyl halides is 1. The minimum atomic E-state index is -0.654. The summed E-state index contributed by atoms with van der Waals surface area (Å²) < 4.78 is 29.8. The Morgan fingerprint density at radius 1 is 1.39 bits per heavy atom. The average Bonchev–Trinajstić information content (AvgIpc) is 3.01. The van der Waals surface area contributed by atoms with Gasteiger partial charge in [0, 0.05) is 36.5 Å². The molecule has 1 atom stereocenters. The summed E-state index contributed by atoms with van der Waals surface area (Å²) >= 11 is 5.69. The molecule has 3 rings (SSSR count). The van der Waals surface area contributed by atoms with E-state index < -0.39 is 11.6 Å². The highest BCUT2D eigenvalue weighted by Gasteiger charge is 2.29. The van der Waals surface area contributed by atoms with Gasteiger partial charge in [0.1, 0.15) is 17.5 Å². The Kier molecular flexibility index (Phi) is 4.61. The summed E-state index contributed by atoms with van der Waals surface area (Å²) in [4.78, 5) is 17.8. The number of benzene rings is 1. The Bertz CT molecular complexity index is 699. The fourth-order valence-electron chi connectivity index (χ4n) is 2.97. The highest BCUT2D eigenvalue weighted by atomic mass is 35.5. The minimum absolute atomic E-state index is 0.106. The van der Waals surface area contributed by atoms with E-state index in [2.05, 4.69) is 4.98 Å². The van der Waals surface area contributed by atoms with Gasteiger partial charge in [-0.15, -0.1) is 11.6 Å². The lowest BCUT2D eigenvalue weighted by molar-refractivity contribution is -0.132. The predicted octanol–water partition coefficient (Wildman–Crippen LogP) is 2.74. The lowest BCUT2D eigenvalue weighted by Gasteiger charge is -2.34. The largest absolute Gasteiger partial charge is 0.334 e. The lowest BCUT2D eigenvalue weighted by atomic mass is 10.0. The van der Waals surface area contributed by atoms with Crippen LogP contribution in [0.3, 0.4) is 0 Å². The van der Waals surface area contributed by atoms with Crippen molar-refractivity contribution in [2.45, 2.75) is 32.0 Å². The quantitative estimate of drug-likeness (QED) is 0.803. The van der Waals surface area contributed by atoms with E-state index in [9.17, 15) is 13.6 Å². The maximum Gasteiger partial charge on any atom is 0.238 e. The molecule has 0 aliphatic carbocycles. The van der Waals surface area contributed by atoms with Gasteiger partial charge in [-0.05, 0) is 18.6 Å². The number of aryl methyl sites for hydroxylation is 1. The summed E-state index contributed by atoms with van der Waals surface area (Å²) in [6.45, 7) is 0.592. The summed E-state index contributed by atoms with van der Waals surface area (Å²) in [6.07, 6.45) is 4.79. The second-order valence-electron chi connectivity index (χ2n) is 5.58. The van der Waals surface area contributed by atoms with Crippen LogP contribution in [0.1, 0.15) is 17.7 Å². The molecule has 0 bridgehead atoms. The van der Waals surface area contributed by atoms with Crippen LogP contribution in [-0.2, 0) is 24.3 Å². The molecule has 7 heteroatoms. The van der Waals surface area contributed by atoms with Crippen molar-refractivity contribution >= 4 is 17.5 Å². The van der Waals surface area contributed by atoms with E-state index >= 15 is 0 Å². The van der Waals surface area contributed by atoms with Crippen molar-refractivity contribution in [1.29, 1.82) is 0 Å². The van der Waals surface area contributed by atoms with Crippen LogP contribution in [0.15, 0.2) is 30.7 Å². The number of amides is 1. The average molecular weight is 340 g/mol. The molecule has 0 N–H and O–H groups in total. The van der Waals surface area contributed by atoms with Gasteiger partial charge in [-0.1, -0.05) is 6.07 Å². The lowest BCUT2D eigenvalue weighted by Crippen LogP contribution is -2.44. The van der Waals surface area contributed by atoms with E-state index in [0.29, 0.717) is 19.4 Å². The summed E-state index contributed by atoms with van der Waals surface area (Å²) in [7, 11) is 0. The number of nitrogens with zero attached hydrogens (tertiary/aromatic N) is 3. The summed E-state index contributed by atoms with van der Waals surface area (Å²) in [5.41, 5.74) is 0.896. The number of hydrogen-bond acceptors (Lipinski definition) is 2. The molecule has 0 spiro atoms. The van der Waals surface area contributed by atoms with Gasteiger partial charge in [0.2, 0.25) is 5.91 Å². The van der Waals surface area contributed by atoms with Gasteiger partial charge >= 0.3 is 0 Å². The third kappa shape index (κ3) is 3.22. The highest BCUT2D eigenvalue weighted by molar-refractivity contribution is 6.27. The van der Waals surface area contributed by atoms with Crippen molar-refractivity contribution < 1.29 is 13.6 Å². The Balaban J connectivity index is 1.86. The van der Waals surface area contributed by atoms with Gasteiger partial charge in [0.25, 0.3) is 0 Å². The number of rotatable bonds is 4.